The Morgan fingerprint density at radius 3 is 2.34 bits per heavy atom. The van der Waals surface area contributed by atoms with Crippen LogP contribution in [-0.4, -0.2) is 21.7 Å². The fourth-order valence-electron chi connectivity index (χ4n) is 4.39. The molecule has 1 aliphatic heterocycles. The van der Waals surface area contributed by atoms with E-state index in [4.69, 9.17) is 0 Å². The molecule has 5 nitrogen and oxygen atoms in total. The molecule has 2 aromatic carbocycles. The van der Waals surface area contributed by atoms with Crippen molar-refractivity contribution < 1.29 is 9.59 Å². The van der Waals surface area contributed by atoms with Crippen molar-refractivity contribution in [3.05, 3.63) is 76.9 Å². The van der Waals surface area contributed by atoms with E-state index in [9.17, 15) is 9.59 Å². The molecule has 164 valence electrons. The number of amides is 1. The summed E-state index contributed by atoms with van der Waals surface area (Å²) in [6.45, 7) is 11.7. The summed E-state index contributed by atoms with van der Waals surface area (Å²) in [5.41, 5.74) is 5.56. The van der Waals surface area contributed by atoms with Gasteiger partial charge < -0.3 is 5.32 Å². The minimum Gasteiger partial charge on any atom is -0.325 e. The molecule has 0 saturated heterocycles. The summed E-state index contributed by atoms with van der Waals surface area (Å²) in [7, 11) is 0. The summed E-state index contributed by atoms with van der Waals surface area (Å²) in [5, 5.41) is 2.95. The number of Topliss-reactive ketones (excluding diaryl/α,β-unsaturated/α-hetero) is 1. The second-order valence-corrected chi connectivity index (χ2v) is 9.73. The zero-order valence-electron chi connectivity index (χ0n) is 19.5. The number of hydrogen-bond acceptors (Lipinski definition) is 4. The van der Waals surface area contributed by atoms with Crippen LogP contribution in [-0.2, 0) is 26.8 Å². The second-order valence-electron chi connectivity index (χ2n) is 9.73. The zero-order valence-corrected chi connectivity index (χ0v) is 19.5. The molecule has 1 amide bonds. The van der Waals surface area contributed by atoms with E-state index in [2.05, 4.69) is 21.4 Å². The predicted molar refractivity (Wildman–Crippen MR) is 127 cm³/mol. The normalized spacial score (nSPS) is 14.8. The molecule has 0 unspecified atom stereocenters. The Bertz CT molecular complexity index is 1220. The number of aromatic nitrogens is 2. The number of ketones is 1. The number of aryl methyl sites for hydroxylation is 2. The Hall–Kier alpha value is -3.34. The van der Waals surface area contributed by atoms with Gasteiger partial charge >= 0.3 is 0 Å². The van der Waals surface area contributed by atoms with Crippen LogP contribution in [0, 0.1) is 13.8 Å². The summed E-state index contributed by atoms with van der Waals surface area (Å²) >= 11 is 0. The van der Waals surface area contributed by atoms with Crippen molar-refractivity contribution >= 4 is 17.4 Å². The van der Waals surface area contributed by atoms with Crippen LogP contribution < -0.4 is 5.32 Å². The molecule has 4 rings (SSSR count). The minimum absolute atomic E-state index is 0.00834. The number of nitrogens with one attached hydrogen (secondary N) is 1. The van der Waals surface area contributed by atoms with Crippen molar-refractivity contribution in [2.45, 2.75) is 58.8 Å². The molecule has 0 saturated carbocycles. The molecule has 0 spiro atoms. The summed E-state index contributed by atoms with van der Waals surface area (Å²) in [6, 6.07) is 12.0. The highest BCUT2D eigenvalue weighted by molar-refractivity contribution is 6.05. The number of nitrogens with zero attached hydrogens (tertiary/aromatic N) is 2. The van der Waals surface area contributed by atoms with E-state index in [0.717, 1.165) is 44.9 Å². The summed E-state index contributed by atoms with van der Waals surface area (Å²) in [4.78, 5) is 34.1. The molecule has 5 heteroatoms. The first-order valence-electron chi connectivity index (χ1n) is 10.9. The van der Waals surface area contributed by atoms with Gasteiger partial charge in [-0.2, -0.15) is 0 Å². The van der Waals surface area contributed by atoms with Gasteiger partial charge in [-0.15, -0.1) is 0 Å². The van der Waals surface area contributed by atoms with Crippen LogP contribution in [0.15, 0.2) is 48.8 Å². The van der Waals surface area contributed by atoms with Crippen molar-refractivity contribution in [1.82, 2.24) is 9.97 Å². The van der Waals surface area contributed by atoms with E-state index in [0.29, 0.717) is 6.42 Å². The van der Waals surface area contributed by atoms with E-state index >= 15 is 0 Å². The molecular formula is C27H29N3O2. The van der Waals surface area contributed by atoms with Crippen molar-refractivity contribution in [3.63, 3.8) is 0 Å². The van der Waals surface area contributed by atoms with Crippen LogP contribution in [0.25, 0.3) is 11.1 Å². The lowest BCUT2D eigenvalue weighted by molar-refractivity contribution is -0.123. The number of anilines is 1. The summed E-state index contributed by atoms with van der Waals surface area (Å²) in [5.74, 6) is 0.866. The fourth-order valence-corrected chi connectivity index (χ4v) is 4.39. The van der Waals surface area contributed by atoms with Crippen LogP contribution in [0.2, 0.25) is 0 Å². The van der Waals surface area contributed by atoms with Gasteiger partial charge in [0, 0.05) is 35.5 Å². The van der Waals surface area contributed by atoms with E-state index in [-0.39, 0.29) is 11.7 Å². The van der Waals surface area contributed by atoms with Gasteiger partial charge in [0.05, 0.1) is 5.41 Å². The van der Waals surface area contributed by atoms with E-state index < -0.39 is 10.8 Å². The van der Waals surface area contributed by atoms with Crippen LogP contribution in [0.3, 0.4) is 0 Å². The molecule has 1 aromatic heterocycles. The lowest BCUT2D eigenvalue weighted by Crippen LogP contribution is -2.31. The van der Waals surface area contributed by atoms with Crippen molar-refractivity contribution in [3.8, 4) is 11.1 Å². The largest absolute Gasteiger partial charge is 0.325 e. The van der Waals surface area contributed by atoms with Gasteiger partial charge in [-0.3, -0.25) is 9.59 Å². The molecule has 0 atom stereocenters. The maximum absolute atomic E-state index is 13.4. The van der Waals surface area contributed by atoms with Gasteiger partial charge in [-0.25, -0.2) is 9.97 Å². The van der Waals surface area contributed by atoms with E-state index in [1.54, 1.807) is 0 Å². The Labute approximate surface area is 189 Å². The summed E-state index contributed by atoms with van der Waals surface area (Å²) in [6.07, 6.45) is 3.95. The monoisotopic (exact) mass is 427 g/mol. The van der Waals surface area contributed by atoms with Gasteiger partial charge in [0.1, 0.15) is 11.6 Å². The topological polar surface area (TPSA) is 72.0 Å². The number of benzene rings is 2. The average molecular weight is 428 g/mol. The molecule has 0 fully saturated rings. The fraction of sp³-hybridized carbons (Fsp3) is 0.333. The lowest BCUT2D eigenvalue weighted by atomic mass is 9.76. The smallest absolute Gasteiger partial charge is 0.234 e. The standard InChI is InChI=1S/C27H29N3O2/c1-16-11-19(20-14-28-17(2)29-15-20)8-10-21(16)26(3,4)24(31)13-18-7-9-22-23(12-18)30-25(32)27(22,5)6/h7-12,14-15H,13H2,1-6H3,(H,30,32). The molecule has 1 aliphatic rings. The molecular weight excluding hydrogens is 398 g/mol. The Morgan fingerprint density at radius 1 is 1.00 bits per heavy atom. The Kier molecular flexibility index (Phi) is 5.24. The first-order chi connectivity index (χ1) is 15.0. The summed E-state index contributed by atoms with van der Waals surface area (Å²) < 4.78 is 0. The van der Waals surface area contributed by atoms with Crippen molar-refractivity contribution in [1.29, 1.82) is 0 Å². The van der Waals surface area contributed by atoms with Gasteiger partial charge in [-0.1, -0.05) is 30.3 Å². The van der Waals surface area contributed by atoms with Crippen molar-refractivity contribution in [2.75, 3.05) is 5.32 Å². The number of hydrogen-bond donors (Lipinski definition) is 1. The number of rotatable bonds is 5. The quantitative estimate of drug-likeness (QED) is 0.616. The van der Waals surface area contributed by atoms with Crippen LogP contribution in [0.5, 0.6) is 0 Å². The Balaban J connectivity index is 1.57. The van der Waals surface area contributed by atoms with Gasteiger partial charge in [0.2, 0.25) is 5.91 Å². The van der Waals surface area contributed by atoms with Crippen LogP contribution in [0.1, 0.15) is 55.8 Å². The minimum atomic E-state index is -0.645. The average Bonchev–Trinajstić information content (AvgIpc) is 2.96. The van der Waals surface area contributed by atoms with Gasteiger partial charge in [0.15, 0.2) is 0 Å². The molecule has 0 aliphatic carbocycles. The maximum Gasteiger partial charge on any atom is 0.234 e. The molecule has 0 bridgehead atoms. The van der Waals surface area contributed by atoms with Crippen molar-refractivity contribution in [2.24, 2.45) is 0 Å². The molecule has 32 heavy (non-hydrogen) atoms. The van der Waals surface area contributed by atoms with Gasteiger partial charge in [0.25, 0.3) is 0 Å². The van der Waals surface area contributed by atoms with E-state index in [1.165, 1.54) is 0 Å². The molecule has 1 N–H and O–H groups in total. The molecule has 3 aromatic rings. The van der Waals surface area contributed by atoms with Crippen LogP contribution in [0.4, 0.5) is 5.69 Å². The third kappa shape index (κ3) is 3.72. The Morgan fingerprint density at radius 2 is 1.69 bits per heavy atom. The zero-order chi connectivity index (χ0) is 23.3. The number of carbonyl (C=O) groups is 2. The second kappa shape index (κ2) is 7.66. The highest BCUT2D eigenvalue weighted by atomic mass is 16.2. The van der Waals surface area contributed by atoms with Crippen LogP contribution >= 0.6 is 0 Å². The predicted octanol–water partition coefficient (Wildman–Crippen LogP) is 5.08. The first-order valence-corrected chi connectivity index (χ1v) is 10.9. The first kappa shape index (κ1) is 21.9. The molecule has 2 heterocycles. The third-order valence-electron chi connectivity index (χ3n) is 6.65. The lowest BCUT2D eigenvalue weighted by Gasteiger charge is -2.26. The van der Waals surface area contributed by atoms with Gasteiger partial charge in [-0.05, 0) is 75.4 Å². The highest BCUT2D eigenvalue weighted by Gasteiger charge is 2.38. The maximum atomic E-state index is 13.4. The molecule has 0 radical (unpaired) electrons. The van der Waals surface area contributed by atoms with E-state index in [1.807, 2.05) is 84.3 Å². The number of fused-ring (bicyclic) bond motifs is 1. The SMILES string of the molecule is Cc1ncc(-c2ccc(C(C)(C)C(=O)Cc3ccc4c(c3)NC(=O)C4(C)C)c(C)c2)cn1. The highest BCUT2D eigenvalue weighted by Crippen LogP contribution is 2.38. The number of carbonyl (C=O) groups excluding carboxylic acids is 2. The third-order valence-corrected chi connectivity index (χ3v) is 6.65.